The number of hydrogen-bond acceptors (Lipinski definition) is 4. The zero-order valence-corrected chi connectivity index (χ0v) is 12.9. The van der Waals surface area contributed by atoms with Gasteiger partial charge in [-0.25, -0.2) is 0 Å². The Morgan fingerprint density at radius 3 is 2.57 bits per heavy atom. The predicted octanol–water partition coefficient (Wildman–Crippen LogP) is 2.47. The van der Waals surface area contributed by atoms with Crippen molar-refractivity contribution >= 4 is 24.0 Å². The highest BCUT2D eigenvalue weighted by molar-refractivity contribution is 5.95. The highest BCUT2D eigenvalue weighted by Gasteiger charge is 2.34. The van der Waals surface area contributed by atoms with Gasteiger partial charge in [-0.3, -0.25) is 14.9 Å². The van der Waals surface area contributed by atoms with E-state index in [1.807, 2.05) is 6.92 Å². The van der Waals surface area contributed by atoms with E-state index in [1.54, 1.807) is 0 Å². The first kappa shape index (κ1) is 19.2. The first-order valence-electron chi connectivity index (χ1n) is 6.58. The fraction of sp³-hybridized carbons (Fsp3) is 0.462. The standard InChI is InChI=1S/C13H14F3N3O3.ClH/c1-8-7-18(3-2-17-8)12(20)9-4-10(13(14,15)16)6-11(5-9)19(21)22;/h4-6,8,17H,2-3,7H2,1H3;1H/t8-;/m1./s1. The molecule has 1 aromatic rings. The average molecular weight is 354 g/mol. The fourth-order valence-electron chi connectivity index (χ4n) is 2.30. The molecule has 1 fully saturated rings. The van der Waals surface area contributed by atoms with Gasteiger partial charge < -0.3 is 10.2 Å². The van der Waals surface area contributed by atoms with Crippen molar-refractivity contribution in [1.29, 1.82) is 0 Å². The quantitative estimate of drug-likeness (QED) is 0.654. The van der Waals surface area contributed by atoms with Gasteiger partial charge in [-0.2, -0.15) is 13.2 Å². The summed E-state index contributed by atoms with van der Waals surface area (Å²) < 4.78 is 38.5. The molecule has 1 saturated heterocycles. The topological polar surface area (TPSA) is 75.5 Å². The van der Waals surface area contributed by atoms with Crippen LogP contribution in [0, 0.1) is 10.1 Å². The second-order valence-corrected chi connectivity index (χ2v) is 5.13. The van der Waals surface area contributed by atoms with Crippen LogP contribution < -0.4 is 5.32 Å². The Labute approximate surface area is 136 Å². The van der Waals surface area contributed by atoms with E-state index in [9.17, 15) is 28.1 Å². The van der Waals surface area contributed by atoms with Gasteiger partial charge in [0.2, 0.25) is 0 Å². The summed E-state index contributed by atoms with van der Waals surface area (Å²) in [6.45, 7) is 3.04. The van der Waals surface area contributed by atoms with E-state index in [2.05, 4.69) is 5.32 Å². The fourth-order valence-corrected chi connectivity index (χ4v) is 2.30. The molecule has 1 N–H and O–H groups in total. The summed E-state index contributed by atoms with van der Waals surface area (Å²) in [5.74, 6) is -0.637. The lowest BCUT2D eigenvalue weighted by atomic mass is 10.1. The molecule has 1 aliphatic heterocycles. The average Bonchev–Trinajstić information content (AvgIpc) is 2.45. The van der Waals surface area contributed by atoms with Crippen LogP contribution in [0.4, 0.5) is 18.9 Å². The Balaban J connectivity index is 0.00000264. The largest absolute Gasteiger partial charge is 0.416 e. The molecule has 128 valence electrons. The maximum Gasteiger partial charge on any atom is 0.416 e. The zero-order valence-electron chi connectivity index (χ0n) is 12.1. The van der Waals surface area contributed by atoms with Crippen molar-refractivity contribution in [3.63, 3.8) is 0 Å². The minimum atomic E-state index is -4.75. The Morgan fingerprint density at radius 2 is 2.04 bits per heavy atom. The molecule has 0 saturated carbocycles. The van der Waals surface area contributed by atoms with Crippen LogP contribution in [0.2, 0.25) is 0 Å². The molecule has 0 bridgehead atoms. The molecule has 1 aromatic carbocycles. The van der Waals surface area contributed by atoms with Crippen molar-refractivity contribution < 1.29 is 22.9 Å². The number of carbonyl (C=O) groups excluding carboxylic acids is 1. The SMILES string of the molecule is C[C@@H]1CN(C(=O)c2cc([N+](=O)[O-])cc(C(F)(F)F)c2)CCN1.Cl. The van der Waals surface area contributed by atoms with Crippen molar-refractivity contribution in [2.45, 2.75) is 19.1 Å². The summed E-state index contributed by atoms with van der Waals surface area (Å²) in [4.78, 5) is 23.5. The monoisotopic (exact) mass is 353 g/mol. The lowest BCUT2D eigenvalue weighted by molar-refractivity contribution is -0.385. The summed E-state index contributed by atoms with van der Waals surface area (Å²) in [7, 11) is 0. The molecule has 6 nitrogen and oxygen atoms in total. The Morgan fingerprint density at radius 1 is 1.39 bits per heavy atom. The molecule has 10 heteroatoms. The lowest BCUT2D eigenvalue weighted by Crippen LogP contribution is -2.51. The minimum Gasteiger partial charge on any atom is -0.336 e. The number of hydrogen-bond donors (Lipinski definition) is 1. The van der Waals surface area contributed by atoms with Gasteiger partial charge in [0.25, 0.3) is 11.6 Å². The van der Waals surface area contributed by atoms with E-state index in [0.29, 0.717) is 31.8 Å². The molecule has 1 heterocycles. The normalized spacial score (nSPS) is 18.3. The van der Waals surface area contributed by atoms with Gasteiger partial charge in [-0.1, -0.05) is 0 Å². The zero-order chi connectivity index (χ0) is 16.5. The van der Waals surface area contributed by atoms with E-state index < -0.39 is 28.3 Å². The maximum atomic E-state index is 12.8. The third-order valence-corrected chi connectivity index (χ3v) is 3.36. The van der Waals surface area contributed by atoms with Crippen molar-refractivity contribution in [1.82, 2.24) is 10.2 Å². The number of carbonyl (C=O) groups is 1. The van der Waals surface area contributed by atoms with E-state index >= 15 is 0 Å². The Kier molecular flexibility index (Phi) is 5.95. The molecular formula is C13H15ClF3N3O3. The van der Waals surface area contributed by atoms with Crippen LogP contribution >= 0.6 is 12.4 Å². The number of alkyl halides is 3. The highest BCUT2D eigenvalue weighted by atomic mass is 35.5. The molecule has 1 amide bonds. The van der Waals surface area contributed by atoms with E-state index in [1.165, 1.54) is 4.90 Å². The number of non-ortho nitro benzene ring substituents is 1. The second kappa shape index (κ2) is 7.14. The molecule has 1 aliphatic rings. The van der Waals surface area contributed by atoms with Gasteiger partial charge in [-0.05, 0) is 13.0 Å². The van der Waals surface area contributed by atoms with E-state index in [-0.39, 0.29) is 24.0 Å². The van der Waals surface area contributed by atoms with Gasteiger partial charge in [0.1, 0.15) is 0 Å². The number of nitrogens with one attached hydrogen (secondary N) is 1. The third-order valence-electron chi connectivity index (χ3n) is 3.36. The molecule has 1 atom stereocenters. The number of nitrogens with zero attached hydrogens (tertiary/aromatic N) is 2. The summed E-state index contributed by atoms with van der Waals surface area (Å²) in [6.07, 6.45) is -4.75. The molecule has 23 heavy (non-hydrogen) atoms. The smallest absolute Gasteiger partial charge is 0.336 e. The minimum absolute atomic E-state index is 0. The lowest BCUT2D eigenvalue weighted by Gasteiger charge is -2.32. The van der Waals surface area contributed by atoms with E-state index in [0.717, 1.165) is 6.07 Å². The van der Waals surface area contributed by atoms with Gasteiger partial charge in [0.15, 0.2) is 0 Å². The number of piperazine rings is 1. The summed E-state index contributed by atoms with van der Waals surface area (Å²) in [6, 6.07) is 1.97. The first-order valence-corrected chi connectivity index (χ1v) is 6.58. The van der Waals surface area contributed by atoms with E-state index in [4.69, 9.17) is 0 Å². The summed E-state index contributed by atoms with van der Waals surface area (Å²) in [5.41, 5.74) is -2.27. The van der Waals surface area contributed by atoms with Crippen LogP contribution in [0.25, 0.3) is 0 Å². The Hall–Kier alpha value is -1.87. The van der Waals surface area contributed by atoms with Crippen molar-refractivity contribution in [2.75, 3.05) is 19.6 Å². The number of amides is 1. The summed E-state index contributed by atoms with van der Waals surface area (Å²) in [5, 5.41) is 13.9. The predicted molar refractivity (Wildman–Crippen MR) is 78.7 cm³/mol. The molecule has 0 aliphatic carbocycles. The Bertz CT molecular complexity index is 610. The van der Waals surface area contributed by atoms with Crippen LogP contribution in [-0.4, -0.2) is 41.4 Å². The van der Waals surface area contributed by atoms with Gasteiger partial charge in [0.05, 0.1) is 10.5 Å². The first-order chi connectivity index (χ1) is 10.2. The molecule has 0 radical (unpaired) electrons. The number of rotatable bonds is 2. The van der Waals surface area contributed by atoms with Crippen molar-refractivity contribution in [3.8, 4) is 0 Å². The second-order valence-electron chi connectivity index (χ2n) is 5.13. The molecular weight excluding hydrogens is 339 g/mol. The number of halogens is 4. The van der Waals surface area contributed by atoms with Crippen LogP contribution in [0.5, 0.6) is 0 Å². The van der Waals surface area contributed by atoms with Gasteiger partial charge in [-0.15, -0.1) is 12.4 Å². The van der Waals surface area contributed by atoms with Crippen LogP contribution in [-0.2, 0) is 6.18 Å². The number of benzene rings is 1. The molecule has 0 aromatic heterocycles. The van der Waals surface area contributed by atoms with Gasteiger partial charge >= 0.3 is 6.18 Å². The third kappa shape index (κ3) is 4.55. The van der Waals surface area contributed by atoms with Crippen molar-refractivity contribution in [2.24, 2.45) is 0 Å². The molecule has 0 unspecified atom stereocenters. The van der Waals surface area contributed by atoms with Crippen molar-refractivity contribution in [3.05, 3.63) is 39.4 Å². The number of nitro groups is 1. The molecule has 0 spiro atoms. The summed E-state index contributed by atoms with van der Waals surface area (Å²) >= 11 is 0. The van der Waals surface area contributed by atoms with Crippen LogP contribution in [0.1, 0.15) is 22.8 Å². The number of nitro benzene ring substituents is 1. The van der Waals surface area contributed by atoms with Crippen LogP contribution in [0.3, 0.4) is 0 Å². The van der Waals surface area contributed by atoms with Crippen LogP contribution in [0.15, 0.2) is 18.2 Å². The van der Waals surface area contributed by atoms with Gasteiger partial charge in [0, 0.05) is 43.4 Å². The highest BCUT2D eigenvalue weighted by Crippen LogP contribution is 2.33. The molecule has 2 rings (SSSR count). The maximum absolute atomic E-state index is 12.8.